The smallest absolute Gasteiger partial charge is 0.230 e. The third-order valence-electron chi connectivity index (χ3n) is 2.43. The fourth-order valence-electron chi connectivity index (χ4n) is 1.26. The Morgan fingerprint density at radius 2 is 2.29 bits per heavy atom. The zero-order valence-corrected chi connectivity index (χ0v) is 11.3. The summed E-state index contributed by atoms with van der Waals surface area (Å²) in [5.74, 6) is 1.34. The van der Waals surface area contributed by atoms with E-state index >= 15 is 0 Å². The van der Waals surface area contributed by atoms with Gasteiger partial charge >= 0.3 is 0 Å². The fraction of sp³-hybridized carbons (Fsp3) is 0.462. The Balaban J connectivity index is 2.41. The van der Waals surface area contributed by atoms with Gasteiger partial charge in [-0.25, -0.2) is 0 Å². The van der Waals surface area contributed by atoms with E-state index in [1.165, 1.54) is 11.8 Å². The quantitative estimate of drug-likeness (QED) is 0.792. The van der Waals surface area contributed by atoms with Crippen molar-refractivity contribution in [3.63, 3.8) is 0 Å². The maximum absolute atomic E-state index is 11.6. The van der Waals surface area contributed by atoms with Crippen LogP contribution in [0.1, 0.15) is 20.3 Å². The Labute approximate surface area is 107 Å². The average molecular weight is 253 g/mol. The molecule has 94 valence electrons. The molecule has 1 aromatic carbocycles. The Kier molecular flexibility index (Phi) is 5.91. The summed E-state index contributed by atoms with van der Waals surface area (Å²) in [6, 6.07) is 7.97. The van der Waals surface area contributed by atoms with Crippen LogP contribution >= 0.6 is 11.8 Å². The van der Waals surface area contributed by atoms with Crippen molar-refractivity contribution in [2.45, 2.75) is 31.2 Å². The molecule has 17 heavy (non-hydrogen) atoms. The molecule has 3 nitrogen and oxygen atoms in total. The minimum Gasteiger partial charge on any atom is -0.497 e. The van der Waals surface area contributed by atoms with Crippen LogP contribution in [-0.4, -0.2) is 24.8 Å². The van der Waals surface area contributed by atoms with E-state index in [1.54, 1.807) is 7.11 Å². The maximum Gasteiger partial charge on any atom is 0.230 e. The molecule has 1 aromatic rings. The lowest BCUT2D eigenvalue weighted by molar-refractivity contribution is -0.119. The fourth-order valence-corrected chi connectivity index (χ4v) is 2.01. The number of hydrogen-bond acceptors (Lipinski definition) is 3. The van der Waals surface area contributed by atoms with Crippen molar-refractivity contribution < 1.29 is 9.53 Å². The van der Waals surface area contributed by atoms with Crippen LogP contribution in [0.3, 0.4) is 0 Å². The molecular formula is C13H19NO2S. The summed E-state index contributed by atoms with van der Waals surface area (Å²) in [4.78, 5) is 12.6. The van der Waals surface area contributed by atoms with Gasteiger partial charge in [0.2, 0.25) is 5.91 Å². The van der Waals surface area contributed by atoms with Gasteiger partial charge in [0.15, 0.2) is 0 Å². The van der Waals surface area contributed by atoms with Crippen LogP contribution in [0.5, 0.6) is 5.75 Å². The van der Waals surface area contributed by atoms with Crippen molar-refractivity contribution in [2.75, 3.05) is 12.9 Å². The van der Waals surface area contributed by atoms with Gasteiger partial charge < -0.3 is 10.1 Å². The maximum atomic E-state index is 11.6. The summed E-state index contributed by atoms with van der Waals surface area (Å²) >= 11 is 1.52. The Hall–Kier alpha value is -1.16. The second kappa shape index (κ2) is 7.22. The molecule has 0 aliphatic heterocycles. The van der Waals surface area contributed by atoms with Gasteiger partial charge in [0.1, 0.15) is 5.75 Å². The summed E-state index contributed by atoms with van der Waals surface area (Å²) in [7, 11) is 1.64. The molecule has 0 saturated heterocycles. The van der Waals surface area contributed by atoms with E-state index in [4.69, 9.17) is 4.74 Å². The highest BCUT2D eigenvalue weighted by molar-refractivity contribution is 8.00. The first-order valence-corrected chi connectivity index (χ1v) is 6.70. The van der Waals surface area contributed by atoms with Crippen LogP contribution in [0, 0.1) is 0 Å². The highest BCUT2D eigenvalue weighted by atomic mass is 32.2. The van der Waals surface area contributed by atoms with Crippen molar-refractivity contribution in [1.29, 1.82) is 0 Å². The number of hydrogen-bond donors (Lipinski definition) is 1. The third kappa shape index (κ3) is 5.13. The standard InChI is InChI=1S/C13H19NO2S/c1-4-10(2)14-13(15)9-17-12-7-5-6-11(8-12)16-3/h5-8,10H,4,9H2,1-3H3,(H,14,15)/t10-/m1/s1. The van der Waals surface area contributed by atoms with Crippen LogP contribution in [0.2, 0.25) is 0 Å². The summed E-state index contributed by atoms with van der Waals surface area (Å²) in [5.41, 5.74) is 0. The third-order valence-corrected chi connectivity index (χ3v) is 3.42. The van der Waals surface area contributed by atoms with Crippen LogP contribution in [0.4, 0.5) is 0 Å². The molecule has 1 amide bonds. The van der Waals surface area contributed by atoms with Gasteiger partial charge in [0.25, 0.3) is 0 Å². The van der Waals surface area contributed by atoms with E-state index in [0.717, 1.165) is 17.1 Å². The van der Waals surface area contributed by atoms with Crippen molar-refractivity contribution in [3.05, 3.63) is 24.3 Å². The van der Waals surface area contributed by atoms with Gasteiger partial charge in [-0.05, 0) is 31.5 Å². The monoisotopic (exact) mass is 253 g/mol. The zero-order valence-electron chi connectivity index (χ0n) is 10.5. The predicted octanol–water partition coefficient (Wildman–Crippen LogP) is 2.70. The molecule has 0 aromatic heterocycles. The van der Waals surface area contributed by atoms with E-state index in [2.05, 4.69) is 12.2 Å². The Morgan fingerprint density at radius 1 is 1.53 bits per heavy atom. The van der Waals surface area contributed by atoms with Crippen molar-refractivity contribution in [3.8, 4) is 5.75 Å². The summed E-state index contributed by atoms with van der Waals surface area (Å²) in [6.07, 6.45) is 0.954. The first-order chi connectivity index (χ1) is 8.15. The van der Waals surface area contributed by atoms with Crippen LogP contribution in [0.25, 0.3) is 0 Å². The molecule has 1 N–H and O–H groups in total. The largest absolute Gasteiger partial charge is 0.497 e. The molecule has 0 aliphatic carbocycles. The number of methoxy groups -OCH3 is 1. The lowest BCUT2D eigenvalue weighted by Gasteiger charge is -2.11. The zero-order chi connectivity index (χ0) is 12.7. The van der Waals surface area contributed by atoms with E-state index < -0.39 is 0 Å². The van der Waals surface area contributed by atoms with E-state index in [-0.39, 0.29) is 11.9 Å². The molecule has 0 bridgehead atoms. The summed E-state index contributed by atoms with van der Waals surface area (Å²) < 4.78 is 5.13. The first-order valence-electron chi connectivity index (χ1n) is 5.72. The minimum atomic E-state index is 0.0761. The molecule has 1 rings (SSSR count). The van der Waals surface area contributed by atoms with Gasteiger partial charge in [-0.1, -0.05) is 13.0 Å². The molecule has 0 saturated carbocycles. The van der Waals surface area contributed by atoms with E-state index in [9.17, 15) is 4.79 Å². The number of amides is 1. The number of rotatable bonds is 6. The molecule has 0 spiro atoms. The molecule has 0 unspecified atom stereocenters. The topological polar surface area (TPSA) is 38.3 Å². The Bertz CT molecular complexity index is 368. The van der Waals surface area contributed by atoms with Crippen molar-refractivity contribution in [2.24, 2.45) is 0 Å². The first kappa shape index (κ1) is 13.9. The van der Waals surface area contributed by atoms with Crippen LogP contribution in [-0.2, 0) is 4.79 Å². The van der Waals surface area contributed by atoms with E-state index in [0.29, 0.717) is 5.75 Å². The number of carbonyl (C=O) groups excluding carboxylic acids is 1. The minimum absolute atomic E-state index is 0.0761. The SMILES string of the molecule is CC[C@@H](C)NC(=O)CSc1cccc(OC)c1. The molecule has 0 radical (unpaired) electrons. The van der Waals surface area contributed by atoms with E-state index in [1.807, 2.05) is 31.2 Å². The molecule has 1 atom stereocenters. The van der Waals surface area contributed by atoms with Crippen molar-refractivity contribution in [1.82, 2.24) is 5.32 Å². The molecule has 0 aliphatic rings. The average Bonchev–Trinajstić information content (AvgIpc) is 2.36. The second-order valence-corrected chi connectivity index (χ2v) is 4.89. The predicted molar refractivity (Wildman–Crippen MR) is 71.6 cm³/mol. The molecular weight excluding hydrogens is 234 g/mol. The van der Waals surface area contributed by atoms with Gasteiger partial charge in [0.05, 0.1) is 12.9 Å². The molecule has 0 fully saturated rings. The Morgan fingerprint density at radius 3 is 2.94 bits per heavy atom. The normalized spacial score (nSPS) is 11.9. The van der Waals surface area contributed by atoms with Crippen molar-refractivity contribution >= 4 is 17.7 Å². The number of nitrogens with one attached hydrogen (secondary N) is 1. The van der Waals surface area contributed by atoms with Gasteiger partial charge in [0, 0.05) is 10.9 Å². The van der Waals surface area contributed by atoms with Gasteiger partial charge in [-0.2, -0.15) is 0 Å². The number of benzene rings is 1. The highest BCUT2D eigenvalue weighted by Gasteiger charge is 2.06. The van der Waals surface area contributed by atoms with Gasteiger partial charge in [-0.3, -0.25) is 4.79 Å². The molecule has 0 heterocycles. The van der Waals surface area contributed by atoms with Crippen LogP contribution < -0.4 is 10.1 Å². The number of thioether (sulfide) groups is 1. The second-order valence-electron chi connectivity index (χ2n) is 3.84. The summed E-state index contributed by atoms with van der Waals surface area (Å²) in [5, 5.41) is 2.94. The highest BCUT2D eigenvalue weighted by Crippen LogP contribution is 2.22. The van der Waals surface area contributed by atoms with Gasteiger partial charge in [-0.15, -0.1) is 11.8 Å². The number of carbonyl (C=O) groups is 1. The van der Waals surface area contributed by atoms with Crippen LogP contribution in [0.15, 0.2) is 29.2 Å². The number of ether oxygens (including phenoxy) is 1. The summed E-state index contributed by atoms with van der Waals surface area (Å²) in [6.45, 7) is 4.06. The lowest BCUT2D eigenvalue weighted by Crippen LogP contribution is -2.33. The lowest BCUT2D eigenvalue weighted by atomic mass is 10.3. The molecule has 4 heteroatoms.